The van der Waals surface area contributed by atoms with E-state index >= 15 is 0 Å². The lowest BCUT2D eigenvalue weighted by Gasteiger charge is -2.35. The standard InChI is InChI=1S/C23H29ClN2O3/c1-17(29-22-9-5-4-8-20(22)24)23(27)25-16-21(26-14-6-3-7-15-26)18-10-12-19(28-2)13-11-18/h4-5,8-13,17,21H,3,6-7,14-16H2,1-2H3,(H,25,27)/t17-,21+/m1/s1. The van der Waals surface area contributed by atoms with Crippen LogP contribution in [0, 0.1) is 0 Å². The third-order valence-electron chi connectivity index (χ3n) is 5.31. The maximum Gasteiger partial charge on any atom is 0.260 e. The second-order valence-corrected chi connectivity index (χ2v) is 7.73. The molecule has 1 aliphatic rings. The summed E-state index contributed by atoms with van der Waals surface area (Å²) in [5, 5.41) is 3.56. The molecular formula is C23H29ClN2O3. The molecule has 6 heteroatoms. The number of likely N-dealkylation sites (tertiary alicyclic amines) is 1. The van der Waals surface area contributed by atoms with Gasteiger partial charge in [0.25, 0.3) is 5.91 Å². The van der Waals surface area contributed by atoms with Gasteiger partial charge in [0.15, 0.2) is 6.10 Å². The molecule has 0 saturated carbocycles. The molecule has 1 aliphatic heterocycles. The van der Waals surface area contributed by atoms with Gasteiger partial charge in [0.2, 0.25) is 0 Å². The monoisotopic (exact) mass is 416 g/mol. The van der Waals surface area contributed by atoms with Crippen molar-refractivity contribution in [1.29, 1.82) is 0 Å². The molecule has 1 saturated heterocycles. The summed E-state index contributed by atoms with van der Waals surface area (Å²) >= 11 is 6.13. The number of nitrogens with one attached hydrogen (secondary N) is 1. The number of methoxy groups -OCH3 is 1. The van der Waals surface area contributed by atoms with Crippen LogP contribution in [0.5, 0.6) is 11.5 Å². The van der Waals surface area contributed by atoms with E-state index in [2.05, 4.69) is 22.3 Å². The first-order chi connectivity index (χ1) is 14.1. The van der Waals surface area contributed by atoms with E-state index in [0.717, 1.165) is 18.8 Å². The molecule has 0 radical (unpaired) electrons. The minimum absolute atomic E-state index is 0.123. The molecule has 0 spiro atoms. The van der Waals surface area contributed by atoms with Crippen LogP contribution < -0.4 is 14.8 Å². The smallest absolute Gasteiger partial charge is 0.260 e. The van der Waals surface area contributed by atoms with Crippen LogP contribution in [0.4, 0.5) is 0 Å². The zero-order chi connectivity index (χ0) is 20.6. The van der Waals surface area contributed by atoms with Crippen molar-refractivity contribution in [3.8, 4) is 11.5 Å². The molecule has 1 fully saturated rings. The lowest BCUT2D eigenvalue weighted by Crippen LogP contribution is -2.43. The number of amides is 1. The van der Waals surface area contributed by atoms with Crippen molar-refractivity contribution >= 4 is 17.5 Å². The number of ether oxygens (including phenoxy) is 2. The second-order valence-electron chi connectivity index (χ2n) is 7.32. The van der Waals surface area contributed by atoms with Crippen molar-refractivity contribution in [2.24, 2.45) is 0 Å². The Morgan fingerprint density at radius 3 is 2.45 bits per heavy atom. The van der Waals surface area contributed by atoms with E-state index in [-0.39, 0.29) is 11.9 Å². The summed E-state index contributed by atoms with van der Waals surface area (Å²) in [6.07, 6.45) is 3.01. The summed E-state index contributed by atoms with van der Waals surface area (Å²) < 4.78 is 11.0. The van der Waals surface area contributed by atoms with E-state index in [1.807, 2.05) is 24.3 Å². The van der Waals surface area contributed by atoms with Gasteiger partial charge >= 0.3 is 0 Å². The number of para-hydroxylation sites is 1. The Hall–Kier alpha value is -2.24. The Balaban J connectivity index is 1.65. The fraction of sp³-hybridized carbons (Fsp3) is 0.435. The minimum atomic E-state index is -0.632. The number of nitrogens with zero attached hydrogens (tertiary/aromatic N) is 1. The molecule has 0 unspecified atom stereocenters. The maximum absolute atomic E-state index is 12.7. The molecule has 1 N–H and O–H groups in total. The fourth-order valence-electron chi connectivity index (χ4n) is 3.64. The molecule has 2 aromatic rings. The van der Waals surface area contributed by atoms with Gasteiger partial charge in [0.05, 0.1) is 18.2 Å². The number of hydrogen-bond donors (Lipinski definition) is 1. The average Bonchev–Trinajstić information content (AvgIpc) is 2.76. The van der Waals surface area contributed by atoms with Crippen LogP contribution in [0.3, 0.4) is 0 Å². The van der Waals surface area contributed by atoms with E-state index in [4.69, 9.17) is 21.1 Å². The molecule has 0 bridgehead atoms. The van der Waals surface area contributed by atoms with Gasteiger partial charge in [0.1, 0.15) is 11.5 Å². The highest BCUT2D eigenvalue weighted by Crippen LogP contribution is 2.27. The Bertz CT molecular complexity index is 791. The van der Waals surface area contributed by atoms with Crippen LogP contribution in [-0.4, -0.2) is 43.7 Å². The van der Waals surface area contributed by atoms with E-state index in [1.165, 1.54) is 24.8 Å². The predicted molar refractivity (Wildman–Crippen MR) is 116 cm³/mol. The van der Waals surface area contributed by atoms with Crippen molar-refractivity contribution in [2.75, 3.05) is 26.7 Å². The molecule has 1 heterocycles. The van der Waals surface area contributed by atoms with Crippen molar-refractivity contribution in [3.63, 3.8) is 0 Å². The summed E-state index contributed by atoms with van der Waals surface area (Å²) in [7, 11) is 1.66. The second kappa shape index (κ2) is 10.5. The van der Waals surface area contributed by atoms with Crippen LogP contribution in [0.15, 0.2) is 48.5 Å². The zero-order valence-corrected chi connectivity index (χ0v) is 17.8. The highest BCUT2D eigenvalue weighted by Gasteiger charge is 2.24. The maximum atomic E-state index is 12.7. The van der Waals surface area contributed by atoms with E-state index in [0.29, 0.717) is 17.3 Å². The molecule has 5 nitrogen and oxygen atoms in total. The first-order valence-corrected chi connectivity index (χ1v) is 10.5. The van der Waals surface area contributed by atoms with E-state index in [9.17, 15) is 4.79 Å². The van der Waals surface area contributed by atoms with Crippen LogP contribution >= 0.6 is 11.6 Å². The minimum Gasteiger partial charge on any atom is -0.497 e. The first kappa shape index (κ1) is 21.5. The van der Waals surface area contributed by atoms with Gasteiger partial charge in [-0.25, -0.2) is 0 Å². The predicted octanol–water partition coefficient (Wildman–Crippen LogP) is 4.46. The topological polar surface area (TPSA) is 50.8 Å². The quantitative estimate of drug-likeness (QED) is 0.690. The molecular weight excluding hydrogens is 388 g/mol. The summed E-state index contributed by atoms with van der Waals surface area (Å²) in [6, 6.07) is 15.4. The summed E-state index contributed by atoms with van der Waals surface area (Å²) in [5.41, 5.74) is 1.17. The van der Waals surface area contributed by atoms with Crippen molar-refractivity contribution < 1.29 is 14.3 Å². The molecule has 2 atom stereocenters. The molecule has 0 aromatic heterocycles. The Morgan fingerprint density at radius 1 is 1.10 bits per heavy atom. The number of carbonyl (C=O) groups excluding carboxylic acids is 1. The van der Waals surface area contributed by atoms with Crippen LogP contribution in [0.1, 0.15) is 37.8 Å². The number of halogens is 1. The number of hydrogen-bond acceptors (Lipinski definition) is 4. The highest BCUT2D eigenvalue weighted by molar-refractivity contribution is 6.32. The van der Waals surface area contributed by atoms with Gasteiger partial charge < -0.3 is 14.8 Å². The van der Waals surface area contributed by atoms with Gasteiger partial charge in [0, 0.05) is 6.54 Å². The van der Waals surface area contributed by atoms with Gasteiger partial charge in [-0.1, -0.05) is 42.3 Å². The summed E-state index contributed by atoms with van der Waals surface area (Å²) in [4.78, 5) is 15.1. The Kier molecular flexibility index (Phi) is 7.78. The van der Waals surface area contributed by atoms with Gasteiger partial charge in [-0.05, 0) is 62.7 Å². The third kappa shape index (κ3) is 5.87. The highest BCUT2D eigenvalue weighted by atomic mass is 35.5. The van der Waals surface area contributed by atoms with Gasteiger partial charge in [-0.3, -0.25) is 9.69 Å². The first-order valence-electron chi connectivity index (χ1n) is 10.2. The zero-order valence-electron chi connectivity index (χ0n) is 17.1. The van der Waals surface area contributed by atoms with Crippen LogP contribution in [0.25, 0.3) is 0 Å². The molecule has 1 amide bonds. The van der Waals surface area contributed by atoms with Crippen LogP contribution in [0.2, 0.25) is 5.02 Å². The van der Waals surface area contributed by atoms with Crippen molar-refractivity contribution in [2.45, 2.75) is 38.3 Å². The molecule has 156 valence electrons. The SMILES string of the molecule is COc1ccc([C@H](CNC(=O)[C@@H](C)Oc2ccccc2Cl)N2CCCCC2)cc1. The van der Waals surface area contributed by atoms with Crippen molar-refractivity contribution in [3.05, 3.63) is 59.1 Å². The molecule has 3 rings (SSSR count). The third-order valence-corrected chi connectivity index (χ3v) is 5.62. The largest absolute Gasteiger partial charge is 0.497 e. The lowest BCUT2D eigenvalue weighted by atomic mass is 10.0. The van der Waals surface area contributed by atoms with E-state index in [1.54, 1.807) is 26.2 Å². The molecule has 0 aliphatic carbocycles. The average molecular weight is 417 g/mol. The Morgan fingerprint density at radius 2 is 1.79 bits per heavy atom. The lowest BCUT2D eigenvalue weighted by molar-refractivity contribution is -0.127. The van der Waals surface area contributed by atoms with E-state index < -0.39 is 6.10 Å². The van der Waals surface area contributed by atoms with Gasteiger partial charge in [-0.15, -0.1) is 0 Å². The number of rotatable bonds is 8. The number of piperidine rings is 1. The molecule has 29 heavy (non-hydrogen) atoms. The normalized spacial score (nSPS) is 16.7. The number of carbonyl (C=O) groups is 1. The van der Waals surface area contributed by atoms with Crippen molar-refractivity contribution in [1.82, 2.24) is 10.2 Å². The summed E-state index contributed by atoms with van der Waals surface area (Å²) in [5.74, 6) is 1.19. The van der Waals surface area contributed by atoms with Crippen LogP contribution in [-0.2, 0) is 4.79 Å². The number of benzene rings is 2. The Labute approximate surface area is 177 Å². The fourth-order valence-corrected chi connectivity index (χ4v) is 3.82. The summed E-state index contributed by atoms with van der Waals surface area (Å²) in [6.45, 7) is 4.35. The van der Waals surface area contributed by atoms with Gasteiger partial charge in [-0.2, -0.15) is 0 Å². The molecule has 2 aromatic carbocycles.